The highest BCUT2D eigenvalue weighted by atomic mass is 32.2. The number of benzene rings is 2. The van der Waals surface area contributed by atoms with Crippen LogP contribution in [0, 0.1) is 17.1 Å². The van der Waals surface area contributed by atoms with Gasteiger partial charge in [0.15, 0.2) is 0 Å². The number of hydrogen-bond donors (Lipinski definition) is 2. The van der Waals surface area contributed by atoms with Crippen LogP contribution < -0.4 is 15.2 Å². The van der Waals surface area contributed by atoms with Crippen molar-refractivity contribution in [3.8, 4) is 11.8 Å². The molecule has 0 radical (unpaired) electrons. The molecule has 0 aliphatic carbocycles. The van der Waals surface area contributed by atoms with E-state index in [4.69, 9.17) is 15.7 Å². The standard InChI is InChI=1S/C17H18FN3O3S/c18-17-10-15(7-6-13(17)11-19)24-12-14(20)8-9-21-25(22,23)16-4-2-1-3-5-16/h1-7,10,14,21H,8-9,12,20H2. The lowest BCUT2D eigenvalue weighted by Gasteiger charge is -2.14. The van der Waals surface area contributed by atoms with Crippen molar-refractivity contribution < 1.29 is 17.5 Å². The molecule has 0 spiro atoms. The molecular weight excluding hydrogens is 345 g/mol. The highest BCUT2D eigenvalue weighted by Gasteiger charge is 2.13. The maximum Gasteiger partial charge on any atom is 0.240 e. The lowest BCUT2D eigenvalue weighted by Crippen LogP contribution is -2.34. The average molecular weight is 363 g/mol. The van der Waals surface area contributed by atoms with E-state index in [1.807, 2.05) is 0 Å². The maximum atomic E-state index is 13.5. The lowest BCUT2D eigenvalue weighted by molar-refractivity contribution is 0.281. The molecule has 0 heterocycles. The second-order valence-corrected chi connectivity index (χ2v) is 7.09. The Kier molecular flexibility index (Phi) is 6.47. The highest BCUT2D eigenvalue weighted by molar-refractivity contribution is 7.89. The molecule has 1 atom stereocenters. The van der Waals surface area contributed by atoms with Crippen molar-refractivity contribution in [3.63, 3.8) is 0 Å². The van der Waals surface area contributed by atoms with Crippen LogP contribution in [0.2, 0.25) is 0 Å². The molecule has 0 saturated heterocycles. The molecule has 3 N–H and O–H groups in total. The van der Waals surface area contributed by atoms with Gasteiger partial charge in [-0.3, -0.25) is 0 Å². The number of halogens is 1. The first-order valence-electron chi connectivity index (χ1n) is 7.55. The Labute approximate surface area is 146 Å². The molecule has 0 amide bonds. The number of sulfonamides is 1. The van der Waals surface area contributed by atoms with Gasteiger partial charge in [0.2, 0.25) is 10.0 Å². The van der Waals surface area contributed by atoms with Crippen molar-refractivity contribution in [2.75, 3.05) is 13.2 Å². The molecule has 0 aromatic heterocycles. The minimum absolute atomic E-state index is 0.0630. The van der Waals surface area contributed by atoms with Crippen molar-refractivity contribution >= 4 is 10.0 Å². The normalized spacial score (nSPS) is 12.4. The van der Waals surface area contributed by atoms with Gasteiger partial charge in [0.05, 0.1) is 10.5 Å². The second kappa shape index (κ2) is 8.58. The summed E-state index contributed by atoms with van der Waals surface area (Å²) in [4.78, 5) is 0.188. The molecule has 2 aromatic rings. The SMILES string of the molecule is N#Cc1ccc(OCC(N)CCNS(=O)(=O)c2ccccc2)cc1F. The monoisotopic (exact) mass is 363 g/mol. The summed E-state index contributed by atoms with van der Waals surface area (Å²) in [5.74, 6) is -0.402. The molecule has 0 bridgehead atoms. The van der Waals surface area contributed by atoms with E-state index in [2.05, 4.69) is 4.72 Å². The lowest BCUT2D eigenvalue weighted by atomic mass is 10.2. The summed E-state index contributed by atoms with van der Waals surface area (Å²) in [5.41, 5.74) is 5.81. The highest BCUT2D eigenvalue weighted by Crippen LogP contribution is 2.16. The van der Waals surface area contributed by atoms with Crippen molar-refractivity contribution in [3.05, 3.63) is 59.9 Å². The molecule has 25 heavy (non-hydrogen) atoms. The molecular formula is C17H18FN3O3S. The number of nitriles is 1. The van der Waals surface area contributed by atoms with Gasteiger partial charge in [-0.05, 0) is 30.7 Å². The first-order chi connectivity index (χ1) is 11.9. The van der Waals surface area contributed by atoms with Crippen molar-refractivity contribution in [1.82, 2.24) is 4.72 Å². The van der Waals surface area contributed by atoms with Gasteiger partial charge in [-0.2, -0.15) is 5.26 Å². The van der Waals surface area contributed by atoms with Crippen LogP contribution in [0.1, 0.15) is 12.0 Å². The third-order valence-corrected chi connectivity index (χ3v) is 4.86. The Morgan fingerprint density at radius 1 is 1.24 bits per heavy atom. The Bertz CT molecular complexity index is 851. The Balaban J connectivity index is 1.78. The van der Waals surface area contributed by atoms with Gasteiger partial charge in [0.25, 0.3) is 0 Å². The summed E-state index contributed by atoms with van der Waals surface area (Å²) in [6, 6.07) is 13.2. The largest absolute Gasteiger partial charge is 0.492 e. The van der Waals surface area contributed by atoms with E-state index >= 15 is 0 Å². The Morgan fingerprint density at radius 3 is 2.60 bits per heavy atom. The molecule has 2 rings (SSSR count). The van der Waals surface area contributed by atoms with E-state index in [9.17, 15) is 12.8 Å². The molecule has 0 aliphatic rings. The van der Waals surface area contributed by atoms with E-state index in [0.717, 1.165) is 6.07 Å². The summed E-state index contributed by atoms with van der Waals surface area (Å²) < 4.78 is 45.4. The predicted molar refractivity (Wildman–Crippen MR) is 90.8 cm³/mol. The Hall–Kier alpha value is -2.47. The second-order valence-electron chi connectivity index (χ2n) is 5.32. The predicted octanol–water partition coefficient (Wildman–Crippen LogP) is 1.77. The summed E-state index contributed by atoms with van der Waals surface area (Å²) >= 11 is 0. The van der Waals surface area contributed by atoms with Crippen LogP contribution in [-0.2, 0) is 10.0 Å². The number of ether oxygens (including phenoxy) is 1. The third-order valence-electron chi connectivity index (χ3n) is 3.39. The summed E-state index contributed by atoms with van der Waals surface area (Å²) in [5, 5.41) is 8.67. The zero-order valence-corrected chi connectivity index (χ0v) is 14.2. The molecule has 0 fully saturated rings. The van der Waals surface area contributed by atoms with E-state index in [1.54, 1.807) is 24.3 Å². The molecule has 132 valence electrons. The first-order valence-corrected chi connectivity index (χ1v) is 9.03. The topological polar surface area (TPSA) is 105 Å². The van der Waals surface area contributed by atoms with E-state index < -0.39 is 21.9 Å². The van der Waals surface area contributed by atoms with Gasteiger partial charge in [-0.25, -0.2) is 17.5 Å². The van der Waals surface area contributed by atoms with Gasteiger partial charge in [-0.1, -0.05) is 18.2 Å². The van der Waals surface area contributed by atoms with Gasteiger partial charge in [0, 0.05) is 18.7 Å². The molecule has 6 nitrogen and oxygen atoms in total. The minimum Gasteiger partial charge on any atom is -0.492 e. The first kappa shape index (κ1) is 18.9. The minimum atomic E-state index is -3.56. The van der Waals surface area contributed by atoms with Gasteiger partial charge >= 0.3 is 0 Å². The number of nitrogens with one attached hydrogen (secondary N) is 1. The fourth-order valence-electron chi connectivity index (χ4n) is 2.02. The Morgan fingerprint density at radius 2 is 1.96 bits per heavy atom. The molecule has 0 aliphatic heterocycles. The number of rotatable bonds is 8. The molecule has 1 unspecified atom stereocenters. The van der Waals surface area contributed by atoms with Crippen LogP contribution in [-0.4, -0.2) is 27.6 Å². The van der Waals surface area contributed by atoms with Gasteiger partial charge in [-0.15, -0.1) is 0 Å². The van der Waals surface area contributed by atoms with Gasteiger partial charge < -0.3 is 10.5 Å². The molecule has 0 saturated carbocycles. The van der Waals surface area contributed by atoms with Crippen molar-refractivity contribution in [2.24, 2.45) is 5.73 Å². The maximum absolute atomic E-state index is 13.5. The zero-order valence-electron chi connectivity index (χ0n) is 13.4. The quantitative estimate of drug-likeness (QED) is 0.744. The zero-order chi connectivity index (χ0) is 18.3. The summed E-state index contributed by atoms with van der Waals surface area (Å²) in [7, 11) is -3.56. The van der Waals surface area contributed by atoms with E-state index in [1.165, 1.54) is 24.3 Å². The van der Waals surface area contributed by atoms with Crippen LogP contribution in [0.15, 0.2) is 53.4 Å². The van der Waals surface area contributed by atoms with Crippen LogP contribution in [0.4, 0.5) is 4.39 Å². The van der Waals surface area contributed by atoms with Crippen molar-refractivity contribution in [2.45, 2.75) is 17.4 Å². The average Bonchev–Trinajstić information content (AvgIpc) is 2.60. The summed E-state index contributed by atoms with van der Waals surface area (Å²) in [6.45, 7) is 0.252. The number of nitrogens with two attached hydrogens (primary N) is 1. The number of hydrogen-bond acceptors (Lipinski definition) is 5. The fourth-order valence-corrected chi connectivity index (χ4v) is 3.09. The van der Waals surface area contributed by atoms with Gasteiger partial charge in [0.1, 0.15) is 24.2 Å². The fraction of sp³-hybridized carbons (Fsp3) is 0.235. The smallest absolute Gasteiger partial charge is 0.240 e. The molecule has 8 heteroatoms. The van der Waals surface area contributed by atoms with Crippen LogP contribution in [0.25, 0.3) is 0 Å². The van der Waals surface area contributed by atoms with Crippen LogP contribution in [0.3, 0.4) is 0 Å². The van der Waals surface area contributed by atoms with E-state index in [-0.39, 0.29) is 29.4 Å². The van der Waals surface area contributed by atoms with Crippen molar-refractivity contribution in [1.29, 1.82) is 5.26 Å². The number of nitrogens with zero attached hydrogens (tertiary/aromatic N) is 1. The van der Waals surface area contributed by atoms with Crippen LogP contribution >= 0.6 is 0 Å². The summed E-state index contributed by atoms with van der Waals surface area (Å²) in [6.07, 6.45) is 0.352. The van der Waals surface area contributed by atoms with Crippen LogP contribution in [0.5, 0.6) is 5.75 Å². The molecule has 2 aromatic carbocycles. The third kappa shape index (κ3) is 5.53. The van der Waals surface area contributed by atoms with E-state index in [0.29, 0.717) is 6.42 Å².